The molecule has 2 aromatic rings. The topological polar surface area (TPSA) is 99.4 Å². The third-order valence-electron chi connectivity index (χ3n) is 4.51. The summed E-state index contributed by atoms with van der Waals surface area (Å²) in [7, 11) is 0. The molecule has 27 heavy (non-hydrogen) atoms. The Morgan fingerprint density at radius 3 is 2.70 bits per heavy atom. The van der Waals surface area contributed by atoms with Crippen LogP contribution in [-0.2, 0) is 19.0 Å². The summed E-state index contributed by atoms with van der Waals surface area (Å²) >= 11 is 0. The van der Waals surface area contributed by atoms with Crippen molar-refractivity contribution in [2.75, 3.05) is 6.61 Å². The average molecular weight is 375 g/mol. The minimum atomic E-state index is -1.05. The summed E-state index contributed by atoms with van der Waals surface area (Å²) in [4.78, 5) is 11.7. The van der Waals surface area contributed by atoms with Gasteiger partial charge in [-0.15, -0.1) is 0 Å². The van der Waals surface area contributed by atoms with Gasteiger partial charge < -0.3 is 33.8 Å². The van der Waals surface area contributed by atoms with Crippen LogP contribution in [0.5, 0.6) is 5.75 Å². The summed E-state index contributed by atoms with van der Waals surface area (Å²) in [5, 5.41) is 13.6. The fourth-order valence-corrected chi connectivity index (χ4v) is 3.28. The van der Waals surface area contributed by atoms with Crippen molar-refractivity contribution in [2.24, 2.45) is 0 Å². The van der Waals surface area contributed by atoms with E-state index in [4.69, 9.17) is 23.4 Å². The van der Waals surface area contributed by atoms with Gasteiger partial charge in [0, 0.05) is 6.92 Å². The normalized spacial score (nSPS) is 33.1. The van der Waals surface area contributed by atoms with Crippen LogP contribution >= 0.6 is 0 Å². The van der Waals surface area contributed by atoms with Crippen LogP contribution < -0.4 is 10.1 Å². The number of ether oxygens (including phenoxy) is 4. The van der Waals surface area contributed by atoms with Gasteiger partial charge in [0.05, 0.1) is 12.9 Å². The zero-order valence-corrected chi connectivity index (χ0v) is 14.7. The summed E-state index contributed by atoms with van der Waals surface area (Å²) in [6.07, 6.45) is -2.43. The number of amides is 1. The quantitative estimate of drug-likeness (QED) is 0.832. The van der Waals surface area contributed by atoms with E-state index in [1.54, 1.807) is 24.3 Å². The van der Waals surface area contributed by atoms with Crippen molar-refractivity contribution in [1.29, 1.82) is 0 Å². The maximum absolute atomic E-state index is 11.7. The van der Waals surface area contributed by atoms with Crippen LogP contribution in [0.15, 0.2) is 53.1 Å². The smallest absolute Gasteiger partial charge is 0.223 e. The predicted molar refractivity (Wildman–Crippen MR) is 91.6 cm³/mol. The zero-order valence-electron chi connectivity index (χ0n) is 14.7. The Morgan fingerprint density at radius 1 is 1.19 bits per heavy atom. The summed E-state index contributed by atoms with van der Waals surface area (Å²) < 4.78 is 28.7. The number of furan rings is 1. The lowest BCUT2D eigenvalue weighted by Gasteiger charge is -2.47. The number of hydrogen-bond donors (Lipinski definition) is 2. The van der Waals surface area contributed by atoms with E-state index in [1.165, 1.54) is 13.2 Å². The van der Waals surface area contributed by atoms with Crippen molar-refractivity contribution in [2.45, 2.75) is 43.9 Å². The third kappa shape index (κ3) is 3.84. The lowest BCUT2D eigenvalue weighted by atomic mass is 9.96. The van der Waals surface area contributed by atoms with Gasteiger partial charge in [0.2, 0.25) is 18.5 Å². The number of benzene rings is 1. The molecule has 0 aliphatic carbocycles. The maximum Gasteiger partial charge on any atom is 0.223 e. The molecule has 4 rings (SSSR count). The molecule has 2 aliphatic rings. The summed E-state index contributed by atoms with van der Waals surface area (Å²) in [5.41, 5.74) is 0. The van der Waals surface area contributed by atoms with E-state index in [0.717, 1.165) is 0 Å². The highest BCUT2D eigenvalue weighted by Gasteiger charge is 2.51. The Kier molecular flexibility index (Phi) is 5.13. The van der Waals surface area contributed by atoms with Crippen molar-refractivity contribution < 1.29 is 33.3 Å². The average Bonchev–Trinajstić information content (AvgIpc) is 3.20. The Labute approximate surface area is 156 Å². The Bertz CT molecular complexity index is 751. The van der Waals surface area contributed by atoms with Crippen LogP contribution in [0.2, 0.25) is 0 Å². The van der Waals surface area contributed by atoms with Crippen molar-refractivity contribution in [1.82, 2.24) is 5.32 Å². The number of carbonyl (C=O) groups is 1. The zero-order chi connectivity index (χ0) is 18.8. The van der Waals surface area contributed by atoms with Crippen molar-refractivity contribution in [3.63, 3.8) is 0 Å². The number of nitrogens with one attached hydrogen (secondary N) is 1. The van der Waals surface area contributed by atoms with Gasteiger partial charge >= 0.3 is 0 Å². The Balaban J connectivity index is 1.53. The van der Waals surface area contributed by atoms with Crippen LogP contribution in [-0.4, -0.2) is 48.3 Å². The number of fused-ring (bicyclic) bond motifs is 1. The lowest BCUT2D eigenvalue weighted by Crippen LogP contribution is -2.67. The van der Waals surface area contributed by atoms with E-state index in [-0.39, 0.29) is 12.5 Å². The summed E-state index contributed by atoms with van der Waals surface area (Å²) in [6, 6.07) is 11.7. The van der Waals surface area contributed by atoms with Gasteiger partial charge in [0.15, 0.2) is 5.76 Å². The van der Waals surface area contributed by atoms with Gasteiger partial charge in [0.1, 0.15) is 30.1 Å². The first-order valence-corrected chi connectivity index (χ1v) is 8.74. The second-order valence-corrected chi connectivity index (χ2v) is 6.47. The van der Waals surface area contributed by atoms with Crippen molar-refractivity contribution in [3.05, 3.63) is 54.5 Å². The molecule has 0 spiro atoms. The molecule has 0 saturated carbocycles. The molecule has 2 aliphatic heterocycles. The largest absolute Gasteiger partial charge is 0.464 e. The SMILES string of the molecule is CC(=O)NC1C(Oc2ccccc2)OC2COC(c3ccco3)OC2C1O. The van der Waals surface area contributed by atoms with Gasteiger partial charge in [-0.2, -0.15) is 0 Å². The fraction of sp³-hybridized carbons (Fsp3) is 0.421. The van der Waals surface area contributed by atoms with Crippen molar-refractivity contribution in [3.8, 4) is 5.75 Å². The van der Waals surface area contributed by atoms with E-state index in [2.05, 4.69) is 5.32 Å². The molecule has 1 aromatic carbocycles. The van der Waals surface area contributed by atoms with Crippen LogP contribution in [0.25, 0.3) is 0 Å². The highest BCUT2D eigenvalue weighted by atomic mass is 16.8. The molecule has 8 nitrogen and oxygen atoms in total. The number of aliphatic hydroxyl groups is 1. The molecule has 144 valence electrons. The standard InChI is InChI=1S/C19H21NO7/c1-11(21)20-15-16(22)17-14(10-24-18(27-17)13-8-5-9-23-13)26-19(15)25-12-6-3-2-4-7-12/h2-9,14-19,22H,10H2,1H3,(H,20,21). The predicted octanol–water partition coefficient (Wildman–Crippen LogP) is 1.36. The summed E-state index contributed by atoms with van der Waals surface area (Å²) in [5.74, 6) is 0.756. The first-order valence-electron chi connectivity index (χ1n) is 8.74. The Hall–Kier alpha value is -2.39. The molecule has 2 fully saturated rings. The molecule has 6 atom stereocenters. The van der Waals surface area contributed by atoms with E-state index in [0.29, 0.717) is 11.5 Å². The fourth-order valence-electron chi connectivity index (χ4n) is 3.28. The third-order valence-corrected chi connectivity index (χ3v) is 4.51. The van der Waals surface area contributed by atoms with Gasteiger partial charge in [0.25, 0.3) is 0 Å². The van der Waals surface area contributed by atoms with Gasteiger partial charge in [-0.3, -0.25) is 4.79 Å². The van der Waals surface area contributed by atoms with Gasteiger partial charge in [-0.1, -0.05) is 18.2 Å². The first-order chi connectivity index (χ1) is 13.1. The molecule has 2 saturated heterocycles. The van der Waals surface area contributed by atoms with Gasteiger partial charge in [-0.05, 0) is 24.3 Å². The second-order valence-electron chi connectivity index (χ2n) is 6.47. The van der Waals surface area contributed by atoms with E-state index < -0.39 is 36.9 Å². The number of hydrogen-bond acceptors (Lipinski definition) is 7. The molecule has 0 bridgehead atoms. The van der Waals surface area contributed by atoms with E-state index >= 15 is 0 Å². The minimum Gasteiger partial charge on any atom is -0.464 e. The molecule has 3 heterocycles. The molecule has 6 unspecified atom stereocenters. The highest BCUT2D eigenvalue weighted by Crippen LogP contribution is 2.34. The lowest BCUT2D eigenvalue weighted by molar-refractivity contribution is -0.336. The first kappa shape index (κ1) is 18.0. The van der Waals surface area contributed by atoms with E-state index in [9.17, 15) is 9.90 Å². The number of rotatable bonds is 4. The molecular formula is C19H21NO7. The van der Waals surface area contributed by atoms with Crippen molar-refractivity contribution >= 4 is 5.91 Å². The molecule has 0 radical (unpaired) electrons. The summed E-state index contributed by atoms with van der Waals surface area (Å²) in [6.45, 7) is 1.56. The monoisotopic (exact) mass is 375 g/mol. The van der Waals surface area contributed by atoms with Gasteiger partial charge in [-0.25, -0.2) is 0 Å². The second kappa shape index (κ2) is 7.69. The van der Waals surface area contributed by atoms with Crippen LogP contribution in [0.4, 0.5) is 0 Å². The van der Waals surface area contributed by atoms with E-state index in [1.807, 2.05) is 18.2 Å². The molecule has 8 heteroatoms. The van der Waals surface area contributed by atoms with Crippen LogP contribution in [0.1, 0.15) is 19.0 Å². The van der Waals surface area contributed by atoms with Crippen LogP contribution in [0.3, 0.4) is 0 Å². The number of carbonyl (C=O) groups excluding carboxylic acids is 1. The minimum absolute atomic E-state index is 0.189. The number of para-hydroxylation sites is 1. The Morgan fingerprint density at radius 2 is 2.00 bits per heavy atom. The molecule has 2 N–H and O–H groups in total. The number of aliphatic hydroxyl groups excluding tert-OH is 1. The maximum atomic E-state index is 11.7. The molecular weight excluding hydrogens is 354 g/mol. The highest BCUT2D eigenvalue weighted by molar-refractivity contribution is 5.73. The van der Waals surface area contributed by atoms with Crippen LogP contribution in [0, 0.1) is 0 Å². The molecule has 1 aromatic heterocycles. The molecule has 1 amide bonds.